The van der Waals surface area contributed by atoms with Gasteiger partial charge in [-0.15, -0.1) is 0 Å². The fraction of sp³-hybridized carbons (Fsp3) is 0.133. The predicted molar refractivity (Wildman–Crippen MR) is 82.8 cm³/mol. The molecule has 0 spiro atoms. The number of benzene rings is 1. The summed E-state index contributed by atoms with van der Waals surface area (Å²) >= 11 is 1.40. The molecule has 2 aliphatic heterocycles. The Morgan fingerprint density at radius 3 is 2.82 bits per heavy atom. The Kier molecular flexibility index (Phi) is 2.61. The summed E-state index contributed by atoms with van der Waals surface area (Å²) in [7, 11) is 1.64. The van der Waals surface area contributed by atoms with E-state index in [4.69, 9.17) is 0 Å². The lowest BCUT2D eigenvalue weighted by atomic mass is 10.1. The Bertz CT molecular complexity index is 1010. The number of fused-ring (bicyclic) bond motifs is 2. The third-order valence-corrected chi connectivity index (χ3v) is 4.80. The van der Waals surface area contributed by atoms with E-state index in [1.54, 1.807) is 14.0 Å². The first-order valence-electron chi connectivity index (χ1n) is 6.68. The van der Waals surface area contributed by atoms with Crippen molar-refractivity contribution in [2.75, 3.05) is 0 Å². The van der Waals surface area contributed by atoms with E-state index in [0.717, 1.165) is 10.2 Å². The average molecular weight is 311 g/mol. The van der Waals surface area contributed by atoms with E-state index in [-0.39, 0.29) is 11.4 Å². The molecule has 0 bridgehead atoms. The number of nitrogens with zero attached hydrogens (tertiary/aromatic N) is 4. The van der Waals surface area contributed by atoms with Gasteiger partial charge in [-0.2, -0.15) is 9.78 Å². The van der Waals surface area contributed by atoms with Crippen LogP contribution in [0.3, 0.4) is 0 Å². The van der Waals surface area contributed by atoms with Gasteiger partial charge in [-0.3, -0.25) is 4.79 Å². The largest absolute Gasteiger partial charge is 0.860 e. The maximum absolute atomic E-state index is 12.6. The SMILES string of the molecule is Cc1c2c(=O)n(-c3nc4ccccc4s3)nc-2cc([O-])n1C. The second-order valence-electron chi connectivity index (χ2n) is 5.07. The molecule has 0 saturated carbocycles. The number of aromatic nitrogens is 4. The summed E-state index contributed by atoms with van der Waals surface area (Å²) in [6.07, 6.45) is 0. The van der Waals surface area contributed by atoms with Crippen LogP contribution in [-0.2, 0) is 7.05 Å². The van der Waals surface area contributed by atoms with Gasteiger partial charge in [0.1, 0.15) is 0 Å². The van der Waals surface area contributed by atoms with Crippen LogP contribution in [0.15, 0.2) is 35.1 Å². The lowest BCUT2D eigenvalue weighted by Gasteiger charge is -2.17. The molecule has 0 saturated heterocycles. The maximum atomic E-state index is 12.6. The second-order valence-corrected chi connectivity index (χ2v) is 6.08. The summed E-state index contributed by atoms with van der Waals surface area (Å²) in [6, 6.07) is 9.05. The minimum absolute atomic E-state index is 0.182. The zero-order valence-electron chi connectivity index (χ0n) is 11.9. The molecule has 0 unspecified atom stereocenters. The number of hydrogen-bond acceptors (Lipinski definition) is 5. The normalized spacial score (nSPS) is 11.5. The third kappa shape index (κ3) is 1.69. The molecule has 4 rings (SSSR count). The van der Waals surface area contributed by atoms with Crippen LogP contribution in [0.25, 0.3) is 26.6 Å². The molecule has 3 heterocycles. The Balaban J connectivity index is 2.04. The Morgan fingerprint density at radius 2 is 2.05 bits per heavy atom. The Labute approximate surface area is 129 Å². The van der Waals surface area contributed by atoms with Gasteiger partial charge in [-0.25, -0.2) is 4.98 Å². The molecule has 6 nitrogen and oxygen atoms in total. The maximum Gasteiger partial charge on any atom is 0.284 e. The molecular formula is C15H11N4O2S-. The highest BCUT2D eigenvalue weighted by Crippen LogP contribution is 2.27. The van der Waals surface area contributed by atoms with Crippen LogP contribution in [0, 0.1) is 6.92 Å². The molecule has 0 fully saturated rings. The summed E-state index contributed by atoms with van der Waals surface area (Å²) in [4.78, 5) is 17.1. The number of pyridine rings is 1. The highest BCUT2D eigenvalue weighted by molar-refractivity contribution is 7.20. The van der Waals surface area contributed by atoms with Crippen LogP contribution in [-0.4, -0.2) is 19.3 Å². The Hall–Kier alpha value is -2.67. The van der Waals surface area contributed by atoms with Crippen molar-refractivity contribution in [1.29, 1.82) is 0 Å². The van der Waals surface area contributed by atoms with Gasteiger partial charge in [-0.05, 0) is 31.0 Å². The minimum Gasteiger partial charge on any atom is -0.860 e. The Morgan fingerprint density at radius 1 is 1.27 bits per heavy atom. The molecule has 0 amide bonds. The van der Waals surface area contributed by atoms with E-state index in [1.807, 2.05) is 24.3 Å². The van der Waals surface area contributed by atoms with Gasteiger partial charge in [0.25, 0.3) is 5.56 Å². The monoisotopic (exact) mass is 311 g/mol. The van der Waals surface area contributed by atoms with Crippen molar-refractivity contribution in [2.45, 2.75) is 6.92 Å². The van der Waals surface area contributed by atoms with Crippen LogP contribution in [0.5, 0.6) is 5.88 Å². The average Bonchev–Trinajstić information content (AvgIpc) is 3.06. The fourth-order valence-electron chi connectivity index (χ4n) is 2.49. The molecular weight excluding hydrogens is 300 g/mol. The summed E-state index contributed by atoms with van der Waals surface area (Å²) in [5.74, 6) is -0.182. The number of para-hydroxylation sites is 1. The zero-order chi connectivity index (χ0) is 15.4. The minimum atomic E-state index is -0.248. The van der Waals surface area contributed by atoms with E-state index in [9.17, 15) is 9.90 Å². The van der Waals surface area contributed by atoms with Gasteiger partial charge in [-0.1, -0.05) is 23.5 Å². The summed E-state index contributed by atoms with van der Waals surface area (Å²) < 4.78 is 3.72. The number of thiazole rings is 1. The van der Waals surface area contributed by atoms with Crippen LogP contribution >= 0.6 is 11.3 Å². The lowest BCUT2D eigenvalue weighted by Crippen LogP contribution is -2.16. The van der Waals surface area contributed by atoms with Crippen LogP contribution in [0.2, 0.25) is 0 Å². The van der Waals surface area contributed by atoms with Crippen LogP contribution in [0.1, 0.15) is 5.69 Å². The third-order valence-electron chi connectivity index (χ3n) is 3.79. The molecule has 1 aromatic carbocycles. The van der Waals surface area contributed by atoms with E-state index in [1.165, 1.54) is 26.7 Å². The van der Waals surface area contributed by atoms with Crippen LogP contribution < -0.4 is 10.7 Å². The van der Waals surface area contributed by atoms with E-state index in [0.29, 0.717) is 22.1 Å². The van der Waals surface area contributed by atoms with Crippen molar-refractivity contribution in [1.82, 2.24) is 19.3 Å². The molecule has 1 aromatic heterocycles. The van der Waals surface area contributed by atoms with E-state index < -0.39 is 0 Å². The molecule has 0 radical (unpaired) electrons. The first-order chi connectivity index (χ1) is 10.6. The first-order valence-corrected chi connectivity index (χ1v) is 7.50. The topological polar surface area (TPSA) is 75.8 Å². The molecule has 0 N–H and O–H groups in total. The fourth-order valence-corrected chi connectivity index (χ4v) is 3.40. The number of hydrogen-bond donors (Lipinski definition) is 0. The molecule has 0 atom stereocenters. The van der Waals surface area contributed by atoms with Gasteiger partial charge in [0.2, 0.25) is 5.13 Å². The highest BCUT2D eigenvalue weighted by Gasteiger charge is 2.21. The van der Waals surface area contributed by atoms with Gasteiger partial charge < -0.3 is 9.67 Å². The van der Waals surface area contributed by atoms with Crippen molar-refractivity contribution in [3.8, 4) is 22.3 Å². The zero-order valence-corrected chi connectivity index (χ0v) is 12.7. The number of rotatable bonds is 1. The summed E-state index contributed by atoms with van der Waals surface area (Å²) in [6.45, 7) is 1.75. The standard InChI is InChI=1S/C15H12N4O2S/c1-8-13-10(7-12(20)18(8)2)17-19(14(13)21)15-16-9-5-3-4-6-11(9)22-15/h3-7,20H,1-2H3/p-1. The van der Waals surface area contributed by atoms with Gasteiger partial charge >= 0.3 is 0 Å². The molecule has 22 heavy (non-hydrogen) atoms. The van der Waals surface area contributed by atoms with Gasteiger partial charge in [0, 0.05) is 12.7 Å². The van der Waals surface area contributed by atoms with Crippen LogP contribution in [0.4, 0.5) is 0 Å². The van der Waals surface area contributed by atoms with Crippen molar-refractivity contribution in [2.24, 2.45) is 7.05 Å². The molecule has 0 aliphatic carbocycles. The van der Waals surface area contributed by atoms with Crippen molar-refractivity contribution < 1.29 is 5.11 Å². The molecule has 2 aromatic rings. The lowest BCUT2D eigenvalue weighted by molar-refractivity contribution is -0.279. The summed E-state index contributed by atoms with van der Waals surface area (Å²) in [5.41, 5.74) is 2.06. The van der Waals surface area contributed by atoms with Crippen molar-refractivity contribution in [3.05, 3.63) is 46.4 Å². The van der Waals surface area contributed by atoms with E-state index in [2.05, 4.69) is 10.1 Å². The van der Waals surface area contributed by atoms with Gasteiger partial charge in [0.15, 0.2) is 0 Å². The predicted octanol–water partition coefficient (Wildman–Crippen LogP) is 1.67. The molecule has 7 heteroatoms. The molecule has 2 aliphatic rings. The van der Waals surface area contributed by atoms with Crippen molar-refractivity contribution >= 4 is 21.6 Å². The van der Waals surface area contributed by atoms with Crippen molar-refractivity contribution in [3.63, 3.8) is 0 Å². The van der Waals surface area contributed by atoms with E-state index >= 15 is 0 Å². The van der Waals surface area contributed by atoms with Gasteiger partial charge in [0.05, 0.1) is 21.5 Å². The summed E-state index contributed by atoms with van der Waals surface area (Å²) in [5, 5.41) is 16.6. The first kappa shape index (κ1) is 13.0. The molecule has 110 valence electrons. The second kappa shape index (κ2) is 4.41. The smallest absolute Gasteiger partial charge is 0.284 e. The quantitative estimate of drug-likeness (QED) is 0.536. The highest BCUT2D eigenvalue weighted by atomic mass is 32.1.